The molecule has 166 valence electrons. The zero-order chi connectivity index (χ0) is 22.5. The summed E-state index contributed by atoms with van der Waals surface area (Å²) in [5, 5.41) is 9.26. The molecule has 2 aromatic carbocycles. The Morgan fingerprint density at radius 1 is 0.969 bits per heavy atom. The van der Waals surface area contributed by atoms with E-state index in [-0.39, 0.29) is 5.91 Å². The molecule has 1 aliphatic rings. The summed E-state index contributed by atoms with van der Waals surface area (Å²) in [6.45, 7) is 4.30. The van der Waals surface area contributed by atoms with Gasteiger partial charge in [0.1, 0.15) is 11.5 Å². The molecule has 1 aromatic heterocycles. The molecule has 0 bridgehead atoms. The van der Waals surface area contributed by atoms with E-state index in [9.17, 15) is 4.79 Å². The number of carbonyl (C=O) groups excluding carboxylic acids is 1. The lowest BCUT2D eigenvalue weighted by Gasteiger charge is -2.36. The molecule has 1 fully saturated rings. The van der Waals surface area contributed by atoms with Crippen molar-refractivity contribution in [2.45, 2.75) is 13.0 Å². The van der Waals surface area contributed by atoms with Crippen molar-refractivity contribution < 1.29 is 14.3 Å². The van der Waals surface area contributed by atoms with Crippen molar-refractivity contribution in [2.75, 3.05) is 38.2 Å². The average molecular weight is 453 g/mol. The van der Waals surface area contributed by atoms with Crippen molar-refractivity contribution in [1.82, 2.24) is 15.1 Å². The number of benzene rings is 2. The van der Waals surface area contributed by atoms with Crippen LogP contribution in [-0.2, 0) is 4.79 Å². The molecule has 0 radical (unpaired) electrons. The van der Waals surface area contributed by atoms with Crippen LogP contribution in [0.2, 0.25) is 5.02 Å². The third kappa shape index (κ3) is 4.94. The van der Waals surface area contributed by atoms with Crippen LogP contribution in [-0.4, -0.2) is 60.4 Å². The molecule has 0 spiro atoms. The topological polar surface area (TPSA) is 67.8 Å². The zero-order valence-electron chi connectivity index (χ0n) is 18.1. The number of ether oxygens (including phenoxy) is 2. The maximum absolute atomic E-state index is 12.8. The van der Waals surface area contributed by atoms with Gasteiger partial charge in [-0.1, -0.05) is 23.7 Å². The van der Waals surface area contributed by atoms with Crippen molar-refractivity contribution in [2.24, 2.45) is 0 Å². The summed E-state index contributed by atoms with van der Waals surface area (Å²) in [7, 11) is 1.64. The van der Waals surface area contributed by atoms with Gasteiger partial charge in [-0.25, -0.2) is 0 Å². The fourth-order valence-electron chi connectivity index (χ4n) is 3.60. The molecule has 32 heavy (non-hydrogen) atoms. The highest BCUT2D eigenvalue weighted by Gasteiger charge is 2.27. The zero-order valence-corrected chi connectivity index (χ0v) is 18.8. The fourth-order valence-corrected chi connectivity index (χ4v) is 3.78. The summed E-state index contributed by atoms with van der Waals surface area (Å²) >= 11 is 6.13. The van der Waals surface area contributed by atoms with Gasteiger partial charge in [0.05, 0.1) is 17.8 Å². The van der Waals surface area contributed by atoms with E-state index < -0.39 is 6.10 Å². The minimum absolute atomic E-state index is 0.0505. The van der Waals surface area contributed by atoms with Gasteiger partial charge < -0.3 is 19.3 Å². The monoisotopic (exact) mass is 452 g/mol. The molecular formula is C24H25ClN4O3. The van der Waals surface area contributed by atoms with Gasteiger partial charge in [-0.2, -0.15) is 0 Å². The number of nitrogens with zero attached hydrogens (tertiary/aromatic N) is 4. The summed E-state index contributed by atoms with van der Waals surface area (Å²) in [6, 6.07) is 18.8. The number of para-hydroxylation sites is 1. The second-order valence-electron chi connectivity index (χ2n) is 7.51. The SMILES string of the molecule is COc1ccc(-c2ccc(N3CCN(C(=O)C(C)Oc4ccccc4Cl)CC3)nn2)cc1. The van der Waals surface area contributed by atoms with Crippen molar-refractivity contribution in [1.29, 1.82) is 0 Å². The third-order valence-electron chi connectivity index (χ3n) is 5.44. The van der Waals surface area contributed by atoms with E-state index in [0.717, 1.165) is 22.8 Å². The number of carbonyl (C=O) groups is 1. The predicted octanol–water partition coefficient (Wildman–Crippen LogP) is 3.92. The number of anilines is 1. The maximum Gasteiger partial charge on any atom is 0.263 e. The lowest BCUT2D eigenvalue weighted by Crippen LogP contribution is -2.52. The Hall–Kier alpha value is -3.32. The fraction of sp³-hybridized carbons (Fsp3) is 0.292. The normalized spacial score (nSPS) is 14.7. The van der Waals surface area contributed by atoms with E-state index in [1.54, 1.807) is 26.2 Å². The van der Waals surface area contributed by atoms with E-state index in [1.807, 2.05) is 53.4 Å². The lowest BCUT2D eigenvalue weighted by molar-refractivity contribution is -0.138. The van der Waals surface area contributed by atoms with Gasteiger partial charge in [0.2, 0.25) is 0 Å². The molecule has 0 aliphatic carbocycles. The largest absolute Gasteiger partial charge is 0.497 e. The summed E-state index contributed by atoms with van der Waals surface area (Å²) in [5.74, 6) is 2.07. The van der Waals surface area contributed by atoms with Crippen molar-refractivity contribution >= 4 is 23.3 Å². The molecule has 0 saturated carbocycles. The number of hydrogen-bond acceptors (Lipinski definition) is 6. The summed E-state index contributed by atoms with van der Waals surface area (Å²) < 4.78 is 11.0. The lowest BCUT2D eigenvalue weighted by atomic mass is 10.1. The number of rotatable bonds is 6. The van der Waals surface area contributed by atoms with Crippen LogP contribution in [0.3, 0.4) is 0 Å². The van der Waals surface area contributed by atoms with Crippen LogP contribution in [0.5, 0.6) is 11.5 Å². The average Bonchev–Trinajstić information content (AvgIpc) is 2.85. The van der Waals surface area contributed by atoms with E-state index in [1.165, 1.54) is 0 Å². The number of piperazine rings is 1. The van der Waals surface area contributed by atoms with Crippen LogP contribution in [0.15, 0.2) is 60.7 Å². The molecule has 1 unspecified atom stereocenters. The van der Waals surface area contributed by atoms with Gasteiger partial charge in [0.25, 0.3) is 5.91 Å². The second-order valence-corrected chi connectivity index (χ2v) is 7.92. The van der Waals surface area contributed by atoms with E-state index in [0.29, 0.717) is 37.0 Å². The number of hydrogen-bond donors (Lipinski definition) is 0. The Morgan fingerprint density at radius 2 is 1.69 bits per heavy atom. The van der Waals surface area contributed by atoms with Gasteiger partial charge in [-0.05, 0) is 55.5 Å². The first-order chi connectivity index (χ1) is 15.5. The van der Waals surface area contributed by atoms with Gasteiger partial charge >= 0.3 is 0 Å². The molecular weight excluding hydrogens is 428 g/mol. The molecule has 4 rings (SSSR count). The molecule has 1 saturated heterocycles. The Bertz CT molecular complexity index is 1050. The highest BCUT2D eigenvalue weighted by Crippen LogP contribution is 2.25. The minimum Gasteiger partial charge on any atom is -0.497 e. The second kappa shape index (κ2) is 9.87. The standard InChI is InChI=1S/C24H25ClN4O3/c1-17(32-22-6-4-3-5-20(22)25)24(30)29-15-13-28(14-16-29)23-12-11-21(26-27-23)18-7-9-19(31-2)10-8-18/h3-12,17H,13-16H2,1-2H3. The van der Waals surface area contributed by atoms with Gasteiger partial charge in [0.15, 0.2) is 11.9 Å². The van der Waals surface area contributed by atoms with Gasteiger partial charge in [-0.3, -0.25) is 4.79 Å². The van der Waals surface area contributed by atoms with Crippen LogP contribution < -0.4 is 14.4 Å². The smallest absolute Gasteiger partial charge is 0.263 e. The number of halogens is 1. The summed E-state index contributed by atoms with van der Waals surface area (Å²) in [4.78, 5) is 16.8. The first-order valence-corrected chi connectivity index (χ1v) is 10.9. The van der Waals surface area contributed by atoms with Crippen LogP contribution in [0, 0.1) is 0 Å². The molecule has 7 nitrogen and oxygen atoms in total. The first kappa shape index (κ1) is 21.9. The third-order valence-corrected chi connectivity index (χ3v) is 5.75. The molecule has 0 N–H and O–H groups in total. The van der Waals surface area contributed by atoms with Crippen LogP contribution in [0.25, 0.3) is 11.3 Å². The molecule has 1 amide bonds. The molecule has 8 heteroatoms. The van der Waals surface area contributed by atoms with Crippen molar-refractivity contribution in [3.8, 4) is 22.8 Å². The van der Waals surface area contributed by atoms with Gasteiger partial charge in [-0.15, -0.1) is 10.2 Å². The quantitative estimate of drug-likeness (QED) is 0.564. The Labute approximate surface area is 192 Å². The summed E-state index contributed by atoms with van der Waals surface area (Å²) in [6.07, 6.45) is -0.606. The number of amides is 1. The highest BCUT2D eigenvalue weighted by atomic mass is 35.5. The highest BCUT2D eigenvalue weighted by molar-refractivity contribution is 6.32. The molecule has 3 aromatic rings. The Balaban J connectivity index is 1.33. The van der Waals surface area contributed by atoms with Crippen molar-refractivity contribution in [3.05, 3.63) is 65.7 Å². The number of methoxy groups -OCH3 is 1. The number of aromatic nitrogens is 2. The first-order valence-electron chi connectivity index (χ1n) is 10.5. The van der Waals surface area contributed by atoms with Crippen LogP contribution in [0.1, 0.15) is 6.92 Å². The molecule has 2 heterocycles. The minimum atomic E-state index is -0.606. The predicted molar refractivity (Wildman–Crippen MR) is 124 cm³/mol. The van der Waals surface area contributed by atoms with Crippen LogP contribution in [0.4, 0.5) is 5.82 Å². The Kier molecular flexibility index (Phi) is 6.75. The molecule has 1 atom stereocenters. The van der Waals surface area contributed by atoms with E-state index in [2.05, 4.69) is 15.1 Å². The van der Waals surface area contributed by atoms with Crippen molar-refractivity contribution in [3.63, 3.8) is 0 Å². The summed E-state index contributed by atoms with van der Waals surface area (Å²) in [5.41, 5.74) is 1.78. The Morgan fingerprint density at radius 3 is 2.31 bits per heavy atom. The molecule has 1 aliphatic heterocycles. The van der Waals surface area contributed by atoms with Gasteiger partial charge in [0, 0.05) is 31.7 Å². The van der Waals surface area contributed by atoms with Crippen LogP contribution >= 0.6 is 11.6 Å². The van der Waals surface area contributed by atoms with E-state index in [4.69, 9.17) is 21.1 Å². The van der Waals surface area contributed by atoms with E-state index >= 15 is 0 Å². The maximum atomic E-state index is 12.8.